The summed E-state index contributed by atoms with van der Waals surface area (Å²) in [5, 5.41) is 3.22. The molecule has 8 heteroatoms. The summed E-state index contributed by atoms with van der Waals surface area (Å²) in [6.07, 6.45) is 1.75. The fraction of sp³-hybridized carbons (Fsp3) is 0.273. The first-order valence-corrected chi connectivity index (χ1v) is 9.84. The number of carbonyl (C=O) groups excluding carboxylic acids is 1. The summed E-state index contributed by atoms with van der Waals surface area (Å²) >= 11 is 0. The van der Waals surface area contributed by atoms with Gasteiger partial charge < -0.3 is 15.1 Å². The highest BCUT2D eigenvalue weighted by molar-refractivity contribution is 5.94. The summed E-state index contributed by atoms with van der Waals surface area (Å²) in [4.78, 5) is 29.7. The molecule has 1 aromatic carbocycles. The Hall–Kier alpha value is -3.55. The van der Waals surface area contributed by atoms with E-state index in [1.54, 1.807) is 23.2 Å². The van der Waals surface area contributed by atoms with Crippen LogP contribution < -0.4 is 10.2 Å². The summed E-state index contributed by atoms with van der Waals surface area (Å²) < 4.78 is 13.9. The molecular weight excluding hydrogens is 383 g/mol. The molecule has 1 aliphatic heterocycles. The van der Waals surface area contributed by atoms with Crippen molar-refractivity contribution in [1.82, 2.24) is 19.9 Å². The van der Waals surface area contributed by atoms with Crippen molar-refractivity contribution in [3.63, 3.8) is 0 Å². The first kappa shape index (κ1) is 19.8. The predicted octanol–water partition coefficient (Wildman–Crippen LogP) is 3.33. The van der Waals surface area contributed by atoms with E-state index in [-0.39, 0.29) is 11.5 Å². The molecule has 1 amide bonds. The Morgan fingerprint density at radius 1 is 1.00 bits per heavy atom. The van der Waals surface area contributed by atoms with Crippen molar-refractivity contribution < 1.29 is 9.18 Å². The molecule has 30 heavy (non-hydrogen) atoms. The van der Waals surface area contributed by atoms with Gasteiger partial charge in [0, 0.05) is 38.4 Å². The van der Waals surface area contributed by atoms with E-state index in [1.807, 2.05) is 32.0 Å². The molecule has 3 aromatic rings. The number of halogens is 1. The molecule has 0 unspecified atom stereocenters. The van der Waals surface area contributed by atoms with E-state index in [1.165, 1.54) is 12.1 Å². The van der Waals surface area contributed by atoms with Gasteiger partial charge in [-0.05, 0) is 43.7 Å². The Morgan fingerprint density at radius 2 is 1.77 bits per heavy atom. The maximum atomic E-state index is 13.9. The second-order valence-corrected chi connectivity index (χ2v) is 7.26. The fourth-order valence-electron chi connectivity index (χ4n) is 3.46. The van der Waals surface area contributed by atoms with Crippen LogP contribution in [-0.2, 0) is 0 Å². The van der Waals surface area contributed by atoms with E-state index in [9.17, 15) is 9.18 Å². The van der Waals surface area contributed by atoms with Crippen LogP contribution in [0.3, 0.4) is 0 Å². The molecule has 0 saturated carbocycles. The number of benzene rings is 1. The minimum atomic E-state index is -0.489. The van der Waals surface area contributed by atoms with E-state index in [0.29, 0.717) is 37.8 Å². The highest BCUT2D eigenvalue weighted by Crippen LogP contribution is 2.21. The maximum Gasteiger partial charge on any atom is 0.256 e. The lowest BCUT2D eigenvalue weighted by molar-refractivity contribution is 0.0742. The Labute approximate surface area is 174 Å². The molecule has 1 N–H and O–H groups in total. The van der Waals surface area contributed by atoms with Crippen LogP contribution in [0.2, 0.25) is 0 Å². The molecule has 1 saturated heterocycles. The third-order valence-electron chi connectivity index (χ3n) is 4.99. The SMILES string of the molecule is Cc1ccnc(Nc2cc(N3CCN(C(=O)c4ccccc4F)CC3)nc(C)n2)c1. The smallest absolute Gasteiger partial charge is 0.256 e. The molecular formula is C22H23FN6O. The van der Waals surface area contributed by atoms with E-state index in [4.69, 9.17) is 0 Å². The number of aryl methyl sites for hydroxylation is 2. The van der Waals surface area contributed by atoms with Crippen molar-refractivity contribution >= 4 is 23.4 Å². The molecule has 1 aliphatic rings. The number of aromatic nitrogens is 3. The molecule has 0 radical (unpaired) electrons. The Balaban J connectivity index is 1.45. The van der Waals surface area contributed by atoms with Crippen LogP contribution >= 0.6 is 0 Å². The minimum absolute atomic E-state index is 0.112. The molecule has 0 bridgehead atoms. The van der Waals surface area contributed by atoms with Gasteiger partial charge in [-0.3, -0.25) is 4.79 Å². The lowest BCUT2D eigenvalue weighted by atomic mass is 10.1. The summed E-state index contributed by atoms with van der Waals surface area (Å²) in [7, 11) is 0. The van der Waals surface area contributed by atoms with E-state index in [2.05, 4.69) is 25.2 Å². The maximum absolute atomic E-state index is 13.9. The van der Waals surface area contributed by atoms with Gasteiger partial charge in [0.2, 0.25) is 0 Å². The molecule has 0 spiro atoms. The molecule has 0 aliphatic carbocycles. The monoisotopic (exact) mass is 406 g/mol. The van der Waals surface area contributed by atoms with Crippen molar-refractivity contribution in [2.45, 2.75) is 13.8 Å². The number of hydrogen-bond acceptors (Lipinski definition) is 6. The Bertz CT molecular complexity index is 1060. The van der Waals surface area contributed by atoms with Gasteiger partial charge in [-0.15, -0.1) is 0 Å². The molecule has 7 nitrogen and oxygen atoms in total. The third-order valence-corrected chi connectivity index (χ3v) is 4.99. The van der Waals surface area contributed by atoms with Gasteiger partial charge in [-0.25, -0.2) is 19.3 Å². The number of piperazine rings is 1. The van der Waals surface area contributed by atoms with E-state index < -0.39 is 5.82 Å². The highest BCUT2D eigenvalue weighted by atomic mass is 19.1. The predicted molar refractivity (Wildman–Crippen MR) is 114 cm³/mol. The molecule has 0 atom stereocenters. The van der Waals surface area contributed by atoms with Crippen molar-refractivity contribution in [1.29, 1.82) is 0 Å². The summed E-state index contributed by atoms with van der Waals surface area (Å²) in [6, 6.07) is 11.9. The van der Waals surface area contributed by atoms with E-state index >= 15 is 0 Å². The van der Waals surface area contributed by atoms with Gasteiger partial charge in [-0.2, -0.15) is 0 Å². The number of carbonyl (C=O) groups is 1. The van der Waals surface area contributed by atoms with Crippen LogP contribution in [-0.4, -0.2) is 51.9 Å². The van der Waals surface area contributed by atoms with Crippen LogP contribution in [0.1, 0.15) is 21.7 Å². The number of nitrogens with one attached hydrogen (secondary N) is 1. The number of rotatable bonds is 4. The largest absolute Gasteiger partial charge is 0.353 e. The van der Waals surface area contributed by atoms with Gasteiger partial charge in [0.1, 0.15) is 29.1 Å². The Kier molecular flexibility index (Phi) is 5.56. The van der Waals surface area contributed by atoms with Crippen molar-refractivity contribution in [3.05, 3.63) is 71.4 Å². The van der Waals surface area contributed by atoms with Crippen LogP contribution in [0.4, 0.5) is 21.8 Å². The number of pyridine rings is 1. The zero-order valence-electron chi connectivity index (χ0n) is 17.0. The molecule has 1 fully saturated rings. The summed E-state index contributed by atoms with van der Waals surface area (Å²) in [5.74, 6) is 2.05. The lowest BCUT2D eigenvalue weighted by Gasteiger charge is -2.35. The second-order valence-electron chi connectivity index (χ2n) is 7.26. The minimum Gasteiger partial charge on any atom is -0.353 e. The number of nitrogens with zero attached hydrogens (tertiary/aromatic N) is 5. The van der Waals surface area contributed by atoms with Gasteiger partial charge in [0.15, 0.2) is 0 Å². The number of hydrogen-bond donors (Lipinski definition) is 1. The average molecular weight is 406 g/mol. The second kappa shape index (κ2) is 8.44. The van der Waals surface area contributed by atoms with Crippen LogP contribution in [0, 0.1) is 19.7 Å². The van der Waals surface area contributed by atoms with Gasteiger partial charge in [-0.1, -0.05) is 12.1 Å². The van der Waals surface area contributed by atoms with Crippen molar-refractivity contribution in [2.75, 3.05) is 36.4 Å². The third kappa shape index (κ3) is 4.37. The molecule has 3 heterocycles. The summed E-state index contributed by atoms with van der Waals surface area (Å²) in [5.41, 5.74) is 1.22. The lowest BCUT2D eigenvalue weighted by Crippen LogP contribution is -2.49. The normalized spacial score (nSPS) is 14.0. The number of amides is 1. The van der Waals surface area contributed by atoms with Crippen molar-refractivity contribution in [2.24, 2.45) is 0 Å². The van der Waals surface area contributed by atoms with Gasteiger partial charge in [0.25, 0.3) is 5.91 Å². The Morgan fingerprint density at radius 3 is 2.50 bits per heavy atom. The number of anilines is 3. The van der Waals surface area contributed by atoms with Crippen LogP contribution in [0.25, 0.3) is 0 Å². The van der Waals surface area contributed by atoms with Crippen LogP contribution in [0.5, 0.6) is 0 Å². The van der Waals surface area contributed by atoms with Gasteiger partial charge >= 0.3 is 0 Å². The van der Waals surface area contributed by atoms with Crippen LogP contribution in [0.15, 0.2) is 48.7 Å². The van der Waals surface area contributed by atoms with Crippen molar-refractivity contribution in [3.8, 4) is 0 Å². The topological polar surface area (TPSA) is 74.2 Å². The zero-order valence-corrected chi connectivity index (χ0v) is 17.0. The van der Waals surface area contributed by atoms with Gasteiger partial charge in [0.05, 0.1) is 5.56 Å². The fourth-order valence-corrected chi connectivity index (χ4v) is 3.46. The standard InChI is InChI=1S/C22H23FN6O/c1-15-7-8-24-19(13-15)27-20-14-21(26-16(2)25-20)28-9-11-29(12-10-28)22(30)17-5-3-4-6-18(17)23/h3-8,13-14H,9-12H2,1-2H3,(H,24,25,26,27). The molecule has 154 valence electrons. The quantitative estimate of drug-likeness (QED) is 0.716. The van der Waals surface area contributed by atoms with E-state index in [0.717, 1.165) is 17.2 Å². The zero-order chi connectivity index (χ0) is 21.1. The average Bonchev–Trinajstić information content (AvgIpc) is 2.73. The molecule has 4 rings (SSSR count). The molecule has 2 aromatic heterocycles. The highest BCUT2D eigenvalue weighted by Gasteiger charge is 2.25. The first-order valence-electron chi connectivity index (χ1n) is 9.84. The first-order chi connectivity index (χ1) is 14.5. The summed E-state index contributed by atoms with van der Waals surface area (Å²) in [6.45, 7) is 6.07.